The number of hydrogen-bond donors (Lipinski definition) is 1. The third-order valence-electron chi connectivity index (χ3n) is 4.25. The highest BCUT2D eigenvalue weighted by Gasteiger charge is 2.27. The standard InChI is InChI=1S/C17H20N4O3S/c1-25(23,24)15-6-3-2-5-14(15)20-16(22)13-7-11-21(12-8-13)17-18-9-4-10-19-17/h2-6,9-10,13H,7-8,11-12H2,1H3,(H,20,22). The minimum Gasteiger partial charge on any atom is -0.341 e. The number of carbonyl (C=O) groups excluding carboxylic acids is 1. The number of piperidine rings is 1. The topological polar surface area (TPSA) is 92.3 Å². The maximum Gasteiger partial charge on any atom is 0.227 e. The lowest BCUT2D eigenvalue weighted by Crippen LogP contribution is -2.39. The van der Waals surface area contributed by atoms with Crippen LogP contribution in [0.1, 0.15) is 12.8 Å². The molecule has 1 aliphatic heterocycles. The molecule has 2 aromatic rings. The summed E-state index contributed by atoms with van der Waals surface area (Å²) in [5.74, 6) is 0.362. The average molecular weight is 360 g/mol. The summed E-state index contributed by atoms with van der Waals surface area (Å²) in [6.07, 6.45) is 5.87. The molecular weight excluding hydrogens is 340 g/mol. The number of nitrogens with zero attached hydrogens (tertiary/aromatic N) is 3. The predicted octanol–water partition coefficient (Wildman–Crippen LogP) is 1.74. The third kappa shape index (κ3) is 4.14. The summed E-state index contributed by atoms with van der Waals surface area (Å²) in [6, 6.07) is 8.23. The van der Waals surface area contributed by atoms with Crippen LogP contribution in [-0.2, 0) is 14.6 Å². The Kier molecular flexibility index (Phi) is 4.98. The molecule has 3 rings (SSSR count). The average Bonchev–Trinajstić information content (AvgIpc) is 2.62. The number of rotatable bonds is 4. The van der Waals surface area contributed by atoms with Gasteiger partial charge in [-0.2, -0.15) is 0 Å². The molecule has 0 spiro atoms. The van der Waals surface area contributed by atoms with Crippen LogP contribution in [0.4, 0.5) is 11.6 Å². The van der Waals surface area contributed by atoms with Gasteiger partial charge in [0, 0.05) is 37.7 Å². The molecule has 7 nitrogen and oxygen atoms in total. The van der Waals surface area contributed by atoms with Crippen molar-refractivity contribution in [1.29, 1.82) is 0 Å². The number of amides is 1. The summed E-state index contributed by atoms with van der Waals surface area (Å²) in [6.45, 7) is 1.38. The summed E-state index contributed by atoms with van der Waals surface area (Å²) >= 11 is 0. The number of anilines is 2. The first-order valence-corrected chi connectivity index (χ1v) is 9.96. The maximum absolute atomic E-state index is 12.5. The molecule has 1 saturated heterocycles. The zero-order valence-electron chi connectivity index (χ0n) is 13.9. The quantitative estimate of drug-likeness (QED) is 0.893. The van der Waals surface area contributed by atoms with Gasteiger partial charge in [0.15, 0.2) is 9.84 Å². The van der Waals surface area contributed by atoms with Gasteiger partial charge < -0.3 is 10.2 Å². The van der Waals surface area contributed by atoms with Gasteiger partial charge in [-0.3, -0.25) is 4.79 Å². The second-order valence-electron chi connectivity index (χ2n) is 6.07. The Bertz CT molecular complexity index is 847. The Balaban J connectivity index is 1.65. The molecule has 132 valence electrons. The van der Waals surface area contributed by atoms with Gasteiger partial charge in [0.1, 0.15) is 0 Å². The molecule has 1 aromatic heterocycles. The lowest BCUT2D eigenvalue weighted by molar-refractivity contribution is -0.120. The van der Waals surface area contributed by atoms with E-state index in [1.54, 1.807) is 36.7 Å². The first-order chi connectivity index (χ1) is 11.9. The minimum absolute atomic E-state index is 0.137. The van der Waals surface area contributed by atoms with Crippen LogP contribution in [0.5, 0.6) is 0 Å². The van der Waals surface area contributed by atoms with Crippen LogP contribution in [0.15, 0.2) is 47.6 Å². The van der Waals surface area contributed by atoms with Gasteiger partial charge in [0.2, 0.25) is 11.9 Å². The van der Waals surface area contributed by atoms with E-state index in [1.807, 2.05) is 4.90 Å². The molecule has 0 atom stereocenters. The lowest BCUT2D eigenvalue weighted by Gasteiger charge is -2.31. The van der Waals surface area contributed by atoms with Gasteiger partial charge in [-0.05, 0) is 31.0 Å². The Morgan fingerprint density at radius 3 is 2.40 bits per heavy atom. The van der Waals surface area contributed by atoms with Crippen LogP contribution in [0.2, 0.25) is 0 Å². The summed E-state index contributed by atoms with van der Waals surface area (Å²) < 4.78 is 23.7. The molecule has 0 unspecified atom stereocenters. The van der Waals surface area contributed by atoms with Gasteiger partial charge in [-0.25, -0.2) is 18.4 Å². The van der Waals surface area contributed by atoms with Gasteiger partial charge in [0.25, 0.3) is 0 Å². The smallest absolute Gasteiger partial charge is 0.227 e. The van der Waals surface area contributed by atoms with E-state index in [0.29, 0.717) is 37.6 Å². The van der Waals surface area contributed by atoms with Crippen molar-refractivity contribution in [1.82, 2.24) is 9.97 Å². The van der Waals surface area contributed by atoms with Crippen molar-refractivity contribution in [2.75, 3.05) is 29.6 Å². The van der Waals surface area contributed by atoms with Crippen LogP contribution in [-0.4, -0.2) is 43.6 Å². The van der Waals surface area contributed by atoms with Crippen LogP contribution in [0.3, 0.4) is 0 Å². The number of para-hydroxylation sites is 1. The lowest BCUT2D eigenvalue weighted by atomic mass is 9.96. The van der Waals surface area contributed by atoms with Gasteiger partial charge in [0.05, 0.1) is 10.6 Å². The normalized spacial score (nSPS) is 15.8. The van der Waals surface area contributed by atoms with E-state index in [-0.39, 0.29) is 16.7 Å². The van der Waals surface area contributed by atoms with E-state index in [4.69, 9.17) is 0 Å². The second-order valence-corrected chi connectivity index (χ2v) is 8.05. The molecular formula is C17H20N4O3S. The summed E-state index contributed by atoms with van der Waals surface area (Å²) in [7, 11) is -3.39. The molecule has 0 saturated carbocycles. The van der Waals surface area contributed by atoms with E-state index in [0.717, 1.165) is 6.26 Å². The van der Waals surface area contributed by atoms with Crippen molar-refractivity contribution < 1.29 is 13.2 Å². The van der Waals surface area contributed by atoms with Crippen molar-refractivity contribution in [2.45, 2.75) is 17.7 Å². The first-order valence-electron chi connectivity index (χ1n) is 8.07. The largest absolute Gasteiger partial charge is 0.341 e. The Hall–Kier alpha value is -2.48. The zero-order chi connectivity index (χ0) is 17.9. The summed E-state index contributed by atoms with van der Waals surface area (Å²) in [5, 5.41) is 2.77. The van der Waals surface area contributed by atoms with E-state index in [9.17, 15) is 13.2 Å². The molecule has 0 bridgehead atoms. The van der Waals surface area contributed by atoms with Crippen LogP contribution >= 0.6 is 0 Å². The number of hydrogen-bond acceptors (Lipinski definition) is 6. The first kappa shape index (κ1) is 17.3. The van der Waals surface area contributed by atoms with Gasteiger partial charge >= 0.3 is 0 Å². The maximum atomic E-state index is 12.5. The molecule has 1 aromatic carbocycles. The van der Waals surface area contributed by atoms with Gasteiger partial charge in [-0.15, -0.1) is 0 Å². The molecule has 2 heterocycles. The molecule has 25 heavy (non-hydrogen) atoms. The molecule has 8 heteroatoms. The molecule has 1 amide bonds. The molecule has 1 fully saturated rings. The summed E-state index contributed by atoms with van der Waals surface area (Å²) in [4.78, 5) is 23.2. The predicted molar refractivity (Wildman–Crippen MR) is 95.2 cm³/mol. The number of aromatic nitrogens is 2. The molecule has 1 aliphatic rings. The van der Waals surface area contributed by atoms with Crippen molar-refractivity contribution in [2.24, 2.45) is 5.92 Å². The highest BCUT2D eigenvalue weighted by Crippen LogP contribution is 2.25. The zero-order valence-corrected chi connectivity index (χ0v) is 14.7. The number of nitrogens with one attached hydrogen (secondary N) is 1. The van der Waals surface area contributed by atoms with Crippen LogP contribution in [0.25, 0.3) is 0 Å². The van der Waals surface area contributed by atoms with Crippen molar-refractivity contribution >= 4 is 27.4 Å². The summed E-state index contributed by atoms with van der Waals surface area (Å²) in [5.41, 5.74) is 0.337. The number of carbonyl (C=O) groups is 1. The Morgan fingerprint density at radius 2 is 1.76 bits per heavy atom. The second kappa shape index (κ2) is 7.18. The van der Waals surface area contributed by atoms with E-state index < -0.39 is 9.84 Å². The molecule has 0 radical (unpaired) electrons. The minimum atomic E-state index is -3.39. The van der Waals surface area contributed by atoms with E-state index in [1.165, 1.54) is 6.07 Å². The van der Waals surface area contributed by atoms with Crippen molar-refractivity contribution in [3.8, 4) is 0 Å². The Labute approximate surface area is 147 Å². The highest BCUT2D eigenvalue weighted by molar-refractivity contribution is 7.90. The van der Waals surface area contributed by atoms with Crippen LogP contribution < -0.4 is 10.2 Å². The van der Waals surface area contributed by atoms with Crippen molar-refractivity contribution in [3.05, 3.63) is 42.7 Å². The fourth-order valence-corrected chi connectivity index (χ4v) is 3.77. The van der Waals surface area contributed by atoms with Gasteiger partial charge in [-0.1, -0.05) is 12.1 Å². The van der Waals surface area contributed by atoms with E-state index in [2.05, 4.69) is 15.3 Å². The highest BCUT2D eigenvalue weighted by atomic mass is 32.2. The fourth-order valence-electron chi connectivity index (χ4n) is 2.92. The monoisotopic (exact) mass is 360 g/mol. The van der Waals surface area contributed by atoms with Crippen LogP contribution in [0, 0.1) is 5.92 Å². The fraction of sp³-hybridized carbons (Fsp3) is 0.353. The number of benzene rings is 1. The number of sulfone groups is 1. The third-order valence-corrected chi connectivity index (χ3v) is 5.40. The van der Waals surface area contributed by atoms with E-state index >= 15 is 0 Å². The van der Waals surface area contributed by atoms with Crippen molar-refractivity contribution in [3.63, 3.8) is 0 Å². The SMILES string of the molecule is CS(=O)(=O)c1ccccc1NC(=O)C1CCN(c2ncccn2)CC1. The molecule has 0 aliphatic carbocycles. The molecule has 1 N–H and O–H groups in total. The Morgan fingerprint density at radius 1 is 1.12 bits per heavy atom.